The van der Waals surface area contributed by atoms with Gasteiger partial charge in [0.25, 0.3) is 11.8 Å². The number of hydrogen-bond acceptors (Lipinski definition) is 7. The Morgan fingerprint density at radius 3 is 2.22 bits per heavy atom. The molecule has 49 heavy (non-hydrogen) atoms. The predicted octanol–water partition coefficient (Wildman–Crippen LogP) is 5.13. The van der Waals surface area contributed by atoms with Crippen LogP contribution in [-0.2, 0) is 16.0 Å². The van der Waals surface area contributed by atoms with Gasteiger partial charge in [0, 0.05) is 89.1 Å². The first-order chi connectivity index (χ1) is 23.9. The van der Waals surface area contributed by atoms with Crippen molar-refractivity contribution in [1.82, 2.24) is 15.3 Å². The van der Waals surface area contributed by atoms with Crippen molar-refractivity contribution in [2.75, 3.05) is 42.6 Å². The lowest BCUT2D eigenvalue weighted by Crippen LogP contribution is -2.51. The Bertz CT molecular complexity index is 1930. The van der Waals surface area contributed by atoms with Crippen LogP contribution in [0.2, 0.25) is 0 Å². The van der Waals surface area contributed by atoms with E-state index in [9.17, 15) is 24.0 Å². The summed E-state index contributed by atoms with van der Waals surface area (Å²) in [7, 11) is 0. The first-order valence-corrected chi connectivity index (χ1v) is 17.5. The van der Waals surface area contributed by atoms with Crippen molar-refractivity contribution in [3.63, 3.8) is 0 Å². The largest absolute Gasteiger partial charge is 0.369 e. The van der Waals surface area contributed by atoms with E-state index in [-0.39, 0.29) is 44.0 Å². The highest BCUT2D eigenvalue weighted by Crippen LogP contribution is 2.36. The number of thioether (sulfide) groups is 1. The third-order valence-electron chi connectivity index (χ3n) is 8.80. The van der Waals surface area contributed by atoms with E-state index in [1.54, 1.807) is 48.5 Å². The molecule has 0 bridgehead atoms. The van der Waals surface area contributed by atoms with Crippen LogP contribution in [0.25, 0.3) is 10.8 Å². The van der Waals surface area contributed by atoms with Crippen LogP contribution in [0, 0.1) is 12.3 Å². The molecule has 248 valence electrons. The molecular formula is C39H36N4O5S. The fraction of sp³-hybridized carbons (Fsp3) is 0.256. The minimum absolute atomic E-state index is 0.0200. The number of rotatable bonds is 11. The summed E-state index contributed by atoms with van der Waals surface area (Å²) >= 11 is 1.91. The molecule has 0 aliphatic carbocycles. The quantitative estimate of drug-likeness (QED) is 0.102. The standard InChI is InChI=1S/C39H36N4O5S/c1-2-3-12-34(44)40-43(35(45)20-15-27-13-16-29(17-14-27)37(46)28-8-5-4-6-9-28)22-21-42-38(47)31-11-7-10-30-33(41-23-25-49-26-24-41)19-18-32(36(30)31)39(42)48/h1,4-11,13-14,16-19H,3,12,15,20-26H2,(H,40,44). The first-order valence-electron chi connectivity index (χ1n) is 16.3. The molecule has 4 aromatic rings. The Hall–Kier alpha value is -5.40. The number of terminal acetylenes is 1. The molecule has 0 saturated carbocycles. The molecule has 0 unspecified atom stereocenters. The average Bonchev–Trinajstić information content (AvgIpc) is 3.15. The van der Waals surface area contributed by atoms with E-state index in [1.807, 2.05) is 48.2 Å². The van der Waals surface area contributed by atoms with Crippen molar-refractivity contribution in [1.29, 1.82) is 0 Å². The molecule has 2 aliphatic rings. The Labute approximate surface area is 289 Å². The zero-order chi connectivity index (χ0) is 34.3. The SMILES string of the molecule is C#CCCC(=O)NN(CCN1C(=O)c2cccc3c(N4CCSCC4)ccc(c23)C1=O)C(=O)CCc1ccc(C(=O)c2ccccc2)cc1. The number of ketones is 1. The topological polar surface area (TPSA) is 107 Å². The highest BCUT2D eigenvalue weighted by Gasteiger charge is 2.34. The first kappa shape index (κ1) is 33.5. The molecule has 9 nitrogen and oxygen atoms in total. The second kappa shape index (κ2) is 15.2. The van der Waals surface area contributed by atoms with Crippen LogP contribution in [0.1, 0.15) is 61.5 Å². The van der Waals surface area contributed by atoms with Gasteiger partial charge in [-0.3, -0.25) is 39.3 Å². The molecule has 2 heterocycles. The average molecular weight is 673 g/mol. The number of imide groups is 1. The van der Waals surface area contributed by atoms with Crippen molar-refractivity contribution >= 4 is 57.6 Å². The van der Waals surface area contributed by atoms with Gasteiger partial charge in [0.05, 0.1) is 6.54 Å². The van der Waals surface area contributed by atoms with Crippen LogP contribution in [-0.4, -0.2) is 77.0 Å². The number of benzene rings is 4. The van der Waals surface area contributed by atoms with Gasteiger partial charge in [-0.25, -0.2) is 0 Å². The lowest BCUT2D eigenvalue weighted by molar-refractivity contribution is -0.141. The summed E-state index contributed by atoms with van der Waals surface area (Å²) in [4.78, 5) is 69.9. The van der Waals surface area contributed by atoms with E-state index < -0.39 is 17.7 Å². The Morgan fingerprint density at radius 1 is 0.816 bits per heavy atom. The maximum Gasteiger partial charge on any atom is 0.261 e. The Morgan fingerprint density at radius 2 is 1.51 bits per heavy atom. The van der Waals surface area contributed by atoms with Crippen molar-refractivity contribution in [3.05, 3.63) is 113 Å². The van der Waals surface area contributed by atoms with Crippen LogP contribution >= 0.6 is 11.8 Å². The lowest BCUT2D eigenvalue weighted by atomic mass is 9.92. The molecule has 1 N–H and O–H groups in total. The number of carbonyl (C=O) groups is 5. The highest BCUT2D eigenvalue weighted by molar-refractivity contribution is 7.99. The number of hydrogen-bond donors (Lipinski definition) is 1. The fourth-order valence-corrected chi connectivity index (χ4v) is 7.12. The number of nitrogens with zero attached hydrogens (tertiary/aromatic N) is 3. The summed E-state index contributed by atoms with van der Waals surface area (Å²) in [5.74, 6) is 2.66. The Kier molecular flexibility index (Phi) is 10.4. The van der Waals surface area contributed by atoms with Crippen LogP contribution < -0.4 is 10.3 Å². The summed E-state index contributed by atoms with van der Waals surface area (Å²) in [5, 5.41) is 2.69. The van der Waals surface area contributed by atoms with E-state index in [4.69, 9.17) is 6.42 Å². The molecule has 6 rings (SSSR count). The van der Waals surface area contributed by atoms with E-state index in [0.29, 0.717) is 34.1 Å². The van der Waals surface area contributed by atoms with Crippen molar-refractivity contribution in [2.45, 2.75) is 25.7 Å². The molecule has 4 aromatic carbocycles. The molecule has 0 spiro atoms. The van der Waals surface area contributed by atoms with E-state index in [2.05, 4.69) is 16.2 Å². The van der Waals surface area contributed by atoms with Crippen LogP contribution in [0.5, 0.6) is 0 Å². The smallest absolute Gasteiger partial charge is 0.261 e. The molecular weight excluding hydrogens is 637 g/mol. The van der Waals surface area contributed by atoms with Crippen molar-refractivity contribution < 1.29 is 24.0 Å². The third kappa shape index (κ3) is 7.37. The van der Waals surface area contributed by atoms with Crippen LogP contribution in [0.4, 0.5) is 5.69 Å². The Balaban J connectivity index is 1.15. The van der Waals surface area contributed by atoms with Gasteiger partial charge in [0.15, 0.2) is 5.78 Å². The van der Waals surface area contributed by atoms with Gasteiger partial charge in [-0.1, -0.05) is 66.7 Å². The monoisotopic (exact) mass is 672 g/mol. The minimum Gasteiger partial charge on any atom is -0.369 e. The molecule has 10 heteroatoms. The molecule has 0 radical (unpaired) electrons. The molecule has 1 saturated heterocycles. The van der Waals surface area contributed by atoms with Gasteiger partial charge in [-0.05, 0) is 30.2 Å². The zero-order valence-electron chi connectivity index (χ0n) is 27.0. The van der Waals surface area contributed by atoms with E-state index in [0.717, 1.165) is 46.1 Å². The number of carbonyl (C=O) groups excluding carboxylic acids is 5. The summed E-state index contributed by atoms with van der Waals surface area (Å²) in [6.45, 7) is 1.58. The van der Waals surface area contributed by atoms with Crippen molar-refractivity contribution in [2.24, 2.45) is 0 Å². The number of hydrazine groups is 1. The summed E-state index contributed by atoms with van der Waals surface area (Å²) in [5.41, 5.74) is 6.48. The normalized spacial score (nSPS) is 14.0. The molecule has 0 aromatic heterocycles. The van der Waals surface area contributed by atoms with E-state index >= 15 is 0 Å². The number of amides is 4. The van der Waals surface area contributed by atoms with E-state index in [1.165, 1.54) is 5.01 Å². The summed E-state index contributed by atoms with van der Waals surface area (Å²) in [6.07, 6.45) is 5.95. The van der Waals surface area contributed by atoms with Gasteiger partial charge in [-0.15, -0.1) is 12.3 Å². The van der Waals surface area contributed by atoms with Gasteiger partial charge < -0.3 is 4.90 Å². The van der Waals surface area contributed by atoms with Crippen molar-refractivity contribution in [3.8, 4) is 12.3 Å². The second-order valence-corrected chi connectivity index (χ2v) is 13.1. The second-order valence-electron chi connectivity index (χ2n) is 11.9. The summed E-state index contributed by atoms with van der Waals surface area (Å²) in [6, 6.07) is 25.3. The third-order valence-corrected chi connectivity index (χ3v) is 9.75. The molecule has 4 amide bonds. The lowest BCUT2D eigenvalue weighted by Gasteiger charge is -2.33. The van der Waals surface area contributed by atoms with Gasteiger partial charge in [-0.2, -0.15) is 11.8 Å². The summed E-state index contributed by atoms with van der Waals surface area (Å²) < 4.78 is 0. The van der Waals surface area contributed by atoms with Gasteiger partial charge in [0.2, 0.25) is 11.8 Å². The predicted molar refractivity (Wildman–Crippen MR) is 191 cm³/mol. The maximum atomic E-state index is 13.8. The van der Waals surface area contributed by atoms with Crippen LogP contribution in [0.15, 0.2) is 84.9 Å². The maximum absolute atomic E-state index is 13.8. The molecule has 2 aliphatic heterocycles. The highest BCUT2D eigenvalue weighted by atomic mass is 32.2. The number of anilines is 1. The zero-order valence-corrected chi connectivity index (χ0v) is 27.8. The minimum atomic E-state index is -0.440. The fourth-order valence-electron chi connectivity index (χ4n) is 6.21. The molecule has 0 atom stereocenters. The van der Waals surface area contributed by atoms with Crippen LogP contribution in [0.3, 0.4) is 0 Å². The van der Waals surface area contributed by atoms with Gasteiger partial charge >= 0.3 is 0 Å². The number of nitrogens with one attached hydrogen (secondary N) is 1. The number of aryl methyl sites for hydroxylation is 1. The molecule has 1 fully saturated rings. The van der Waals surface area contributed by atoms with Gasteiger partial charge in [0.1, 0.15) is 0 Å².